The average Bonchev–Trinajstić information content (AvgIpc) is 2.75. The van der Waals surface area contributed by atoms with Crippen molar-refractivity contribution in [2.45, 2.75) is 33.7 Å². The van der Waals surface area contributed by atoms with E-state index in [1.807, 2.05) is 27.8 Å². The lowest BCUT2D eigenvalue weighted by Crippen LogP contribution is -2.17. The Morgan fingerprint density at radius 1 is 1.22 bits per heavy atom. The Hall–Kier alpha value is -0.770. The van der Waals surface area contributed by atoms with E-state index in [0.29, 0.717) is 0 Å². The molecule has 0 saturated heterocycles. The summed E-state index contributed by atoms with van der Waals surface area (Å²) in [6, 6.07) is 2.30. The van der Waals surface area contributed by atoms with Gasteiger partial charge < -0.3 is 9.73 Å². The minimum absolute atomic E-state index is 0.152. The predicted octanol–water partition coefficient (Wildman–Crippen LogP) is 4.54. The van der Waals surface area contributed by atoms with Crippen LogP contribution < -0.4 is 5.32 Å². The van der Waals surface area contributed by atoms with Crippen LogP contribution in [0.1, 0.15) is 39.1 Å². The molecule has 0 fully saturated rings. The number of thiophene rings is 1. The fraction of sp³-hybridized carbons (Fsp3) is 0.429. The first-order chi connectivity index (χ1) is 8.45. The second-order valence-electron chi connectivity index (χ2n) is 4.58. The first-order valence-electron chi connectivity index (χ1n) is 5.95. The molecule has 0 aliphatic carbocycles. The molecule has 0 spiro atoms. The monoisotopic (exact) mass is 283 g/mol. The zero-order chi connectivity index (χ0) is 13.4. The van der Waals surface area contributed by atoms with Gasteiger partial charge in [0.05, 0.1) is 10.4 Å². The van der Waals surface area contributed by atoms with E-state index in [2.05, 4.69) is 18.3 Å². The van der Waals surface area contributed by atoms with Crippen LogP contribution in [0.25, 0.3) is 0 Å². The molecular weight excluding hydrogens is 266 g/mol. The smallest absolute Gasteiger partial charge is 0.106 e. The molecule has 18 heavy (non-hydrogen) atoms. The van der Waals surface area contributed by atoms with Gasteiger partial charge in [-0.15, -0.1) is 11.3 Å². The standard InChI is InChI=1S/C14H18ClNOS/c1-7-6-11(18-14(7)15)13(16-5)12-8(2)9(3)17-10(12)4/h6,13,16H,1-5H3. The third-order valence-electron chi connectivity index (χ3n) is 3.36. The molecule has 98 valence electrons. The lowest BCUT2D eigenvalue weighted by molar-refractivity contribution is 0.496. The molecule has 0 radical (unpaired) electrons. The van der Waals surface area contributed by atoms with Gasteiger partial charge in [0.2, 0.25) is 0 Å². The summed E-state index contributed by atoms with van der Waals surface area (Å²) in [5, 5.41) is 3.36. The number of hydrogen-bond donors (Lipinski definition) is 1. The minimum atomic E-state index is 0.152. The van der Waals surface area contributed by atoms with E-state index in [1.54, 1.807) is 11.3 Å². The van der Waals surface area contributed by atoms with Gasteiger partial charge in [0, 0.05) is 10.4 Å². The lowest BCUT2D eigenvalue weighted by Gasteiger charge is -2.15. The van der Waals surface area contributed by atoms with Crippen molar-refractivity contribution < 1.29 is 4.42 Å². The summed E-state index contributed by atoms with van der Waals surface area (Å²) in [6.45, 7) is 8.16. The third-order valence-corrected chi connectivity index (χ3v) is 4.98. The highest BCUT2D eigenvalue weighted by Gasteiger charge is 2.23. The Labute approximate surface area is 117 Å². The van der Waals surface area contributed by atoms with Crippen molar-refractivity contribution >= 4 is 22.9 Å². The van der Waals surface area contributed by atoms with Crippen molar-refractivity contribution in [3.8, 4) is 0 Å². The minimum Gasteiger partial charge on any atom is -0.466 e. The Kier molecular flexibility index (Phi) is 3.85. The van der Waals surface area contributed by atoms with Crippen LogP contribution in [0.15, 0.2) is 10.5 Å². The number of rotatable bonds is 3. The van der Waals surface area contributed by atoms with Crippen molar-refractivity contribution in [3.63, 3.8) is 0 Å². The molecule has 2 rings (SSSR count). The summed E-state index contributed by atoms with van der Waals surface area (Å²) in [5.41, 5.74) is 3.58. The van der Waals surface area contributed by atoms with Gasteiger partial charge in [-0.3, -0.25) is 0 Å². The maximum Gasteiger partial charge on any atom is 0.106 e. The van der Waals surface area contributed by atoms with Crippen LogP contribution in [0.2, 0.25) is 4.34 Å². The summed E-state index contributed by atoms with van der Waals surface area (Å²) >= 11 is 7.80. The fourth-order valence-corrected chi connectivity index (χ4v) is 3.63. The molecule has 0 bridgehead atoms. The molecular formula is C14H18ClNOS. The zero-order valence-corrected chi connectivity index (χ0v) is 12.9. The van der Waals surface area contributed by atoms with Crippen LogP contribution in [-0.4, -0.2) is 7.05 Å². The summed E-state index contributed by atoms with van der Waals surface area (Å²) < 4.78 is 6.58. The van der Waals surface area contributed by atoms with Gasteiger partial charge in [0.25, 0.3) is 0 Å². The summed E-state index contributed by atoms with van der Waals surface area (Å²) in [4.78, 5) is 1.23. The molecule has 1 atom stereocenters. The molecule has 1 N–H and O–H groups in total. The fourth-order valence-electron chi connectivity index (χ4n) is 2.29. The molecule has 2 nitrogen and oxygen atoms in total. The van der Waals surface area contributed by atoms with Gasteiger partial charge in [-0.05, 0) is 51.9 Å². The van der Waals surface area contributed by atoms with Crippen molar-refractivity contribution in [2.24, 2.45) is 0 Å². The van der Waals surface area contributed by atoms with Crippen molar-refractivity contribution in [2.75, 3.05) is 7.05 Å². The number of aryl methyl sites for hydroxylation is 3. The molecule has 4 heteroatoms. The molecule has 2 heterocycles. The third kappa shape index (κ3) is 2.22. The molecule has 0 aliphatic rings. The second kappa shape index (κ2) is 5.08. The molecule has 1 unspecified atom stereocenters. The van der Waals surface area contributed by atoms with Gasteiger partial charge in [0.1, 0.15) is 11.5 Å². The van der Waals surface area contributed by atoms with Crippen molar-refractivity contribution in [1.82, 2.24) is 5.32 Å². The topological polar surface area (TPSA) is 25.2 Å². The van der Waals surface area contributed by atoms with Crippen LogP contribution in [0.5, 0.6) is 0 Å². The van der Waals surface area contributed by atoms with Crippen molar-refractivity contribution in [1.29, 1.82) is 0 Å². The first-order valence-corrected chi connectivity index (χ1v) is 7.14. The van der Waals surface area contributed by atoms with Crippen molar-refractivity contribution in [3.05, 3.63) is 43.5 Å². The maximum absolute atomic E-state index is 6.17. The van der Waals surface area contributed by atoms with Crippen LogP contribution in [0.4, 0.5) is 0 Å². The summed E-state index contributed by atoms with van der Waals surface area (Å²) in [6.07, 6.45) is 0. The zero-order valence-electron chi connectivity index (χ0n) is 11.3. The van der Waals surface area contributed by atoms with E-state index in [9.17, 15) is 0 Å². The van der Waals surface area contributed by atoms with E-state index in [0.717, 1.165) is 21.4 Å². The lowest BCUT2D eigenvalue weighted by atomic mass is 10.0. The van der Waals surface area contributed by atoms with Gasteiger partial charge in [-0.1, -0.05) is 11.6 Å². The largest absolute Gasteiger partial charge is 0.466 e. The average molecular weight is 284 g/mol. The van der Waals surface area contributed by atoms with Gasteiger partial charge in [-0.2, -0.15) is 0 Å². The van der Waals surface area contributed by atoms with E-state index in [-0.39, 0.29) is 6.04 Å². The van der Waals surface area contributed by atoms with E-state index in [4.69, 9.17) is 16.0 Å². The molecule has 2 aromatic heterocycles. The Bertz CT molecular complexity index is 551. The number of furan rings is 1. The van der Waals surface area contributed by atoms with E-state index >= 15 is 0 Å². The maximum atomic E-state index is 6.17. The van der Waals surface area contributed by atoms with Crippen LogP contribution in [0, 0.1) is 27.7 Å². The highest BCUT2D eigenvalue weighted by Crippen LogP contribution is 2.37. The summed E-state index contributed by atoms with van der Waals surface area (Å²) in [5.74, 6) is 1.97. The number of hydrogen-bond acceptors (Lipinski definition) is 3. The van der Waals surface area contributed by atoms with Crippen LogP contribution in [0.3, 0.4) is 0 Å². The normalized spacial score (nSPS) is 13.0. The Balaban J connectivity index is 2.51. The predicted molar refractivity (Wildman–Crippen MR) is 77.9 cm³/mol. The molecule has 0 saturated carbocycles. The van der Waals surface area contributed by atoms with Gasteiger partial charge in [-0.25, -0.2) is 0 Å². The van der Waals surface area contributed by atoms with Crippen LogP contribution >= 0.6 is 22.9 Å². The highest BCUT2D eigenvalue weighted by atomic mass is 35.5. The van der Waals surface area contributed by atoms with E-state index in [1.165, 1.54) is 16.0 Å². The second-order valence-corrected chi connectivity index (χ2v) is 6.27. The Morgan fingerprint density at radius 3 is 2.28 bits per heavy atom. The molecule has 0 aromatic carbocycles. The molecule has 0 amide bonds. The SMILES string of the molecule is CNC(c1cc(C)c(Cl)s1)c1c(C)oc(C)c1C. The Morgan fingerprint density at radius 2 is 1.89 bits per heavy atom. The van der Waals surface area contributed by atoms with Crippen LogP contribution in [-0.2, 0) is 0 Å². The molecule has 0 aliphatic heterocycles. The quantitative estimate of drug-likeness (QED) is 0.895. The summed E-state index contributed by atoms with van der Waals surface area (Å²) in [7, 11) is 1.97. The van der Waals surface area contributed by atoms with Gasteiger partial charge in [0.15, 0.2) is 0 Å². The number of nitrogens with one attached hydrogen (secondary N) is 1. The molecule has 2 aromatic rings. The highest BCUT2D eigenvalue weighted by molar-refractivity contribution is 7.16. The van der Waals surface area contributed by atoms with E-state index < -0.39 is 0 Å². The van der Waals surface area contributed by atoms with Gasteiger partial charge >= 0.3 is 0 Å². The number of halogens is 1. The first kappa shape index (κ1) is 13.7.